The molecule has 150 valence electrons. The first-order valence-electron chi connectivity index (χ1n) is 8.71. The zero-order chi connectivity index (χ0) is 20.4. The highest BCUT2D eigenvalue weighted by Crippen LogP contribution is 2.37. The third-order valence-electron chi connectivity index (χ3n) is 3.38. The number of hydrogen-bond donors (Lipinski definition) is 1. The molecule has 2 aromatic rings. The molecular formula is C18H27ClN4O3S. The van der Waals surface area contributed by atoms with E-state index in [1.54, 1.807) is 18.2 Å². The lowest BCUT2D eigenvalue weighted by molar-refractivity contribution is 0.316. The molecule has 0 radical (unpaired) electrons. The minimum atomic E-state index is -3.83. The lowest BCUT2D eigenvalue weighted by Crippen LogP contribution is -2.38. The zero-order valence-electron chi connectivity index (χ0n) is 16.4. The van der Waals surface area contributed by atoms with Gasteiger partial charge in [0.15, 0.2) is 5.15 Å². The van der Waals surface area contributed by atoms with Gasteiger partial charge in [0.05, 0.1) is 12.2 Å². The van der Waals surface area contributed by atoms with Crippen LogP contribution in [0.1, 0.15) is 34.6 Å². The van der Waals surface area contributed by atoms with E-state index in [1.165, 1.54) is 15.2 Å². The van der Waals surface area contributed by atoms with Crippen LogP contribution in [0.2, 0.25) is 5.15 Å². The highest BCUT2D eigenvalue weighted by atomic mass is 35.5. The smallest absolute Gasteiger partial charge is 0.269 e. The van der Waals surface area contributed by atoms with E-state index in [2.05, 4.69) is 32.8 Å². The SMILES string of the molecule is CC(C)(C)C.CCn1cc(S(=O)(=O)N2CCOc3ccc(N)cc32)c(Cl)n1. The number of fused-ring (bicyclic) bond motifs is 1. The van der Waals surface area contributed by atoms with Crippen molar-refractivity contribution in [1.82, 2.24) is 9.78 Å². The Hall–Kier alpha value is -1.93. The standard InChI is InChI=1S/C13H15ClN4O3S.C5H12/c1-2-17-8-12(13(14)16-17)22(19,20)18-5-6-21-11-4-3-9(15)7-10(11)18;1-5(2,3)4/h3-4,7-8H,2,5-6,15H2,1H3;1-4H3. The number of rotatable bonds is 3. The van der Waals surface area contributed by atoms with Gasteiger partial charge in [-0.15, -0.1) is 0 Å². The second-order valence-electron chi connectivity index (χ2n) is 7.79. The van der Waals surface area contributed by atoms with Crippen molar-refractivity contribution in [3.8, 4) is 5.75 Å². The van der Waals surface area contributed by atoms with Gasteiger partial charge in [-0.1, -0.05) is 39.3 Å². The number of hydrogen-bond acceptors (Lipinski definition) is 5. The van der Waals surface area contributed by atoms with Gasteiger partial charge in [-0.2, -0.15) is 5.10 Å². The number of ether oxygens (including phenoxy) is 1. The fourth-order valence-corrected chi connectivity index (χ4v) is 4.19. The van der Waals surface area contributed by atoms with E-state index in [9.17, 15) is 8.42 Å². The van der Waals surface area contributed by atoms with Crippen LogP contribution in [-0.2, 0) is 16.6 Å². The molecule has 0 saturated heterocycles. The van der Waals surface area contributed by atoms with E-state index >= 15 is 0 Å². The lowest BCUT2D eigenvalue weighted by atomic mass is 10.0. The van der Waals surface area contributed by atoms with Crippen molar-refractivity contribution in [2.24, 2.45) is 5.41 Å². The van der Waals surface area contributed by atoms with Crippen molar-refractivity contribution in [1.29, 1.82) is 0 Å². The van der Waals surface area contributed by atoms with Crippen molar-refractivity contribution >= 4 is 33.0 Å². The molecule has 1 aromatic heterocycles. The van der Waals surface area contributed by atoms with Gasteiger partial charge in [0.25, 0.3) is 10.0 Å². The van der Waals surface area contributed by atoms with Crippen LogP contribution in [0.3, 0.4) is 0 Å². The van der Waals surface area contributed by atoms with Gasteiger partial charge < -0.3 is 10.5 Å². The molecule has 0 fully saturated rings. The number of nitrogens with zero attached hydrogens (tertiary/aromatic N) is 3. The molecule has 1 aliphatic heterocycles. The first-order valence-corrected chi connectivity index (χ1v) is 10.5. The predicted molar refractivity (Wildman–Crippen MR) is 109 cm³/mol. The number of nitrogens with two attached hydrogens (primary N) is 1. The molecule has 0 bridgehead atoms. The van der Waals surface area contributed by atoms with E-state index in [0.29, 0.717) is 29.1 Å². The quantitative estimate of drug-likeness (QED) is 0.771. The third-order valence-corrected chi connectivity index (χ3v) is 5.59. The molecular weight excluding hydrogens is 388 g/mol. The van der Waals surface area contributed by atoms with Gasteiger partial charge in [0.2, 0.25) is 0 Å². The van der Waals surface area contributed by atoms with Crippen molar-refractivity contribution in [3.63, 3.8) is 0 Å². The van der Waals surface area contributed by atoms with Crippen LogP contribution >= 0.6 is 11.6 Å². The van der Waals surface area contributed by atoms with E-state index < -0.39 is 10.0 Å². The molecule has 0 unspecified atom stereocenters. The summed E-state index contributed by atoms with van der Waals surface area (Å²) in [6.07, 6.45) is 1.43. The summed E-state index contributed by atoms with van der Waals surface area (Å²) in [5.41, 5.74) is 7.13. The summed E-state index contributed by atoms with van der Waals surface area (Å²) >= 11 is 5.99. The number of benzene rings is 1. The fourth-order valence-electron chi connectivity index (χ4n) is 2.29. The molecule has 0 aliphatic carbocycles. The molecule has 0 atom stereocenters. The van der Waals surface area contributed by atoms with Crippen molar-refractivity contribution in [2.45, 2.75) is 46.1 Å². The minimum absolute atomic E-state index is 0.0220. The average molecular weight is 415 g/mol. The molecule has 0 spiro atoms. The molecule has 27 heavy (non-hydrogen) atoms. The van der Waals surface area contributed by atoms with Crippen LogP contribution in [0.5, 0.6) is 5.75 Å². The summed E-state index contributed by atoms with van der Waals surface area (Å²) in [6.45, 7) is 11.6. The topological polar surface area (TPSA) is 90.5 Å². The minimum Gasteiger partial charge on any atom is -0.489 e. The maximum atomic E-state index is 12.9. The van der Waals surface area contributed by atoms with Crippen molar-refractivity contribution in [3.05, 3.63) is 29.5 Å². The summed E-state index contributed by atoms with van der Waals surface area (Å²) in [6, 6.07) is 4.89. The molecule has 2 heterocycles. The van der Waals surface area contributed by atoms with E-state index in [1.807, 2.05) is 6.92 Å². The van der Waals surface area contributed by atoms with Gasteiger partial charge in [-0.05, 0) is 30.5 Å². The van der Waals surface area contributed by atoms with Crippen LogP contribution < -0.4 is 14.8 Å². The first-order chi connectivity index (χ1) is 12.4. The van der Waals surface area contributed by atoms with Crippen LogP contribution in [-0.4, -0.2) is 31.3 Å². The van der Waals surface area contributed by atoms with Crippen molar-refractivity contribution in [2.75, 3.05) is 23.2 Å². The highest BCUT2D eigenvalue weighted by Gasteiger charge is 2.33. The Morgan fingerprint density at radius 3 is 2.48 bits per heavy atom. The normalized spacial score (nSPS) is 14.1. The number of nitrogen functional groups attached to an aromatic ring is 1. The van der Waals surface area contributed by atoms with E-state index in [-0.39, 0.29) is 23.2 Å². The predicted octanol–water partition coefficient (Wildman–Crippen LogP) is 3.78. The summed E-state index contributed by atoms with van der Waals surface area (Å²) < 4.78 is 34.0. The number of halogens is 1. The number of sulfonamides is 1. The summed E-state index contributed by atoms with van der Waals surface area (Å²) in [4.78, 5) is -0.0220. The number of aromatic nitrogens is 2. The van der Waals surface area contributed by atoms with E-state index in [0.717, 1.165) is 0 Å². The summed E-state index contributed by atoms with van der Waals surface area (Å²) in [5.74, 6) is 0.475. The Morgan fingerprint density at radius 2 is 1.93 bits per heavy atom. The second-order valence-corrected chi connectivity index (χ2v) is 9.98. The largest absolute Gasteiger partial charge is 0.489 e. The van der Waals surface area contributed by atoms with Gasteiger partial charge in [0.1, 0.15) is 17.3 Å². The Kier molecular flexibility index (Phi) is 6.32. The molecule has 7 nitrogen and oxygen atoms in total. The maximum Gasteiger partial charge on any atom is 0.269 e. The molecule has 9 heteroatoms. The van der Waals surface area contributed by atoms with Crippen LogP contribution in [0.25, 0.3) is 0 Å². The molecule has 3 rings (SSSR count). The van der Waals surface area contributed by atoms with Gasteiger partial charge in [0, 0.05) is 18.4 Å². The Labute approximate surface area is 166 Å². The zero-order valence-corrected chi connectivity index (χ0v) is 17.9. The number of aryl methyl sites for hydroxylation is 1. The first kappa shape index (κ1) is 21.4. The van der Waals surface area contributed by atoms with Crippen LogP contribution in [0, 0.1) is 5.41 Å². The maximum absolute atomic E-state index is 12.9. The fraction of sp³-hybridized carbons (Fsp3) is 0.500. The van der Waals surface area contributed by atoms with Crippen molar-refractivity contribution < 1.29 is 13.2 Å². The Balaban J connectivity index is 0.000000465. The Bertz CT molecular complexity index is 898. The highest BCUT2D eigenvalue weighted by molar-refractivity contribution is 7.93. The summed E-state index contributed by atoms with van der Waals surface area (Å²) in [5, 5.41) is 3.94. The van der Waals surface area contributed by atoms with Gasteiger partial charge >= 0.3 is 0 Å². The van der Waals surface area contributed by atoms with Gasteiger partial charge in [-0.3, -0.25) is 8.99 Å². The van der Waals surface area contributed by atoms with Crippen LogP contribution in [0.15, 0.2) is 29.3 Å². The molecule has 1 aliphatic rings. The summed E-state index contributed by atoms with van der Waals surface area (Å²) in [7, 11) is -3.83. The van der Waals surface area contributed by atoms with E-state index in [4.69, 9.17) is 22.1 Å². The molecule has 0 saturated carbocycles. The second kappa shape index (κ2) is 7.98. The van der Waals surface area contributed by atoms with Gasteiger partial charge in [-0.25, -0.2) is 8.42 Å². The molecule has 2 N–H and O–H groups in total. The average Bonchev–Trinajstić information content (AvgIpc) is 2.94. The van der Waals surface area contributed by atoms with Crippen LogP contribution in [0.4, 0.5) is 11.4 Å². The lowest BCUT2D eigenvalue weighted by Gasteiger charge is -2.30. The molecule has 1 aromatic carbocycles. The monoisotopic (exact) mass is 414 g/mol. The molecule has 0 amide bonds. The third kappa shape index (κ3) is 5.29. The Morgan fingerprint density at radius 1 is 1.30 bits per heavy atom. The number of anilines is 2.